The second-order valence-corrected chi connectivity index (χ2v) is 6.76. The molecule has 4 rings (SSSR count). The van der Waals surface area contributed by atoms with Crippen molar-refractivity contribution in [1.29, 1.82) is 0 Å². The van der Waals surface area contributed by atoms with Crippen LogP contribution in [0, 0.1) is 0 Å². The highest BCUT2D eigenvalue weighted by Gasteiger charge is 2.21. The van der Waals surface area contributed by atoms with Crippen LogP contribution in [0.2, 0.25) is 10.0 Å². The molecule has 0 atom stereocenters. The molecule has 0 aliphatic rings. The number of halogens is 2. The number of hydrogen-bond donors (Lipinski definition) is 0. The predicted molar refractivity (Wildman–Crippen MR) is 110 cm³/mol. The third kappa shape index (κ3) is 3.65. The fourth-order valence-corrected chi connectivity index (χ4v) is 3.09. The molecule has 0 saturated carbocycles. The Morgan fingerprint density at radius 3 is 2.25 bits per heavy atom. The van der Waals surface area contributed by atoms with E-state index in [0.717, 1.165) is 11.3 Å². The Hall–Kier alpha value is -3.08. The van der Waals surface area contributed by atoms with Crippen molar-refractivity contribution in [3.8, 4) is 22.7 Å². The second kappa shape index (κ2) is 7.89. The molecular weight excluding hydrogens is 395 g/mol. The van der Waals surface area contributed by atoms with Crippen molar-refractivity contribution < 1.29 is 9.53 Å². The summed E-state index contributed by atoms with van der Waals surface area (Å²) in [5.74, 6) is -0.365. The topological polar surface area (TPSA) is 44.1 Å². The fourth-order valence-electron chi connectivity index (χ4n) is 2.76. The van der Waals surface area contributed by atoms with Crippen LogP contribution in [-0.4, -0.2) is 15.7 Å². The van der Waals surface area contributed by atoms with Gasteiger partial charge in [0.05, 0.1) is 10.7 Å². The van der Waals surface area contributed by atoms with Crippen molar-refractivity contribution in [1.82, 2.24) is 9.78 Å². The molecule has 0 amide bonds. The van der Waals surface area contributed by atoms with Gasteiger partial charge in [-0.3, -0.25) is 0 Å². The minimum Gasteiger partial charge on any atom is -0.421 e. The average Bonchev–Trinajstić information content (AvgIpc) is 3.18. The van der Waals surface area contributed by atoms with Crippen molar-refractivity contribution in [2.75, 3.05) is 0 Å². The van der Waals surface area contributed by atoms with Crippen molar-refractivity contribution in [3.05, 3.63) is 101 Å². The van der Waals surface area contributed by atoms with E-state index >= 15 is 0 Å². The van der Waals surface area contributed by atoms with Gasteiger partial charge < -0.3 is 4.74 Å². The zero-order valence-electron chi connectivity index (χ0n) is 14.5. The molecule has 0 aliphatic heterocycles. The number of ether oxygens (including phenoxy) is 1. The summed E-state index contributed by atoms with van der Waals surface area (Å²) in [6.45, 7) is 0. The van der Waals surface area contributed by atoms with Crippen molar-refractivity contribution in [2.24, 2.45) is 0 Å². The highest BCUT2D eigenvalue weighted by Crippen LogP contribution is 2.33. The first-order chi connectivity index (χ1) is 13.6. The Labute approximate surface area is 171 Å². The van der Waals surface area contributed by atoms with E-state index in [4.69, 9.17) is 27.9 Å². The van der Waals surface area contributed by atoms with E-state index in [-0.39, 0.29) is 10.8 Å². The third-order valence-electron chi connectivity index (χ3n) is 4.12. The first kappa shape index (κ1) is 18.3. The molecule has 0 unspecified atom stereocenters. The van der Waals surface area contributed by atoms with Crippen LogP contribution in [0.15, 0.2) is 85.1 Å². The number of nitrogens with zero attached hydrogens (tertiary/aromatic N) is 2. The number of carbonyl (C=O) groups is 1. The maximum atomic E-state index is 12.9. The van der Waals surface area contributed by atoms with Crippen LogP contribution in [0.5, 0.6) is 5.75 Å². The maximum Gasteiger partial charge on any atom is 0.347 e. The molecule has 4 nitrogen and oxygen atoms in total. The highest BCUT2D eigenvalue weighted by molar-refractivity contribution is 6.43. The lowest BCUT2D eigenvalue weighted by Gasteiger charge is -2.07. The minimum atomic E-state index is -0.565. The number of hydrogen-bond acceptors (Lipinski definition) is 3. The van der Waals surface area contributed by atoms with Crippen LogP contribution >= 0.6 is 23.2 Å². The first-order valence-electron chi connectivity index (χ1n) is 8.50. The van der Waals surface area contributed by atoms with Gasteiger partial charge in [-0.1, -0.05) is 77.8 Å². The normalized spacial score (nSPS) is 10.6. The third-order valence-corrected chi connectivity index (χ3v) is 4.92. The lowest BCUT2D eigenvalue weighted by Crippen LogP contribution is -2.09. The Balaban J connectivity index is 1.77. The summed E-state index contributed by atoms with van der Waals surface area (Å²) in [4.78, 5) is 12.9. The van der Waals surface area contributed by atoms with Gasteiger partial charge in [-0.2, -0.15) is 5.10 Å². The van der Waals surface area contributed by atoms with Crippen molar-refractivity contribution >= 4 is 29.2 Å². The Bertz CT molecular complexity index is 1130. The molecule has 28 heavy (non-hydrogen) atoms. The number of carbonyl (C=O) groups excluding carboxylic acids is 1. The van der Waals surface area contributed by atoms with Gasteiger partial charge in [0.2, 0.25) is 0 Å². The summed E-state index contributed by atoms with van der Waals surface area (Å²) in [7, 11) is 0. The SMILES string of the molecule is O=C(Oc1cccc(Cl)c1Cl)c1cn(-c2ccccc2)nc1-c1ccccc1. The summed E-state index contributed by atoms with van der Waals surface area (Å²) in [5, 5.41) is 5.11. The standard InChI is InChI=1S/C22H14Cl2N2O2/c23-18-12-7-13-19(20(18)24)28-22(27)17-14-26(16-10-5-2-6-11-16)25-21(17)15-8-3-1-4-9-15/h1-14H. The van der Waals surface area contributed by atoms with E-state index in [1.54, 1.807) is 29.1 Å². The van der Waals surface area contributed by atoms with Crippen LogP contribution in [0.25, 0.3) is 16.9 Å². The molecule has 3 aromatic carbocycles. The largest absolute Gasteiger partial charge is 0.421 e. The van der Waals surface area contributed by atoms with E-state index in [9.17, 15) is 4.79 Å². The Kier molecular flexibility index (Phi) is 5.15. The monoisotopic (exact) mass is 408 g/mol. The van der Waals surface area contributed by atoms with Crippen molar-refractivity contribution in [3.63, 3.8) is 0 Å². The molecule has 0 aliphatic carbocycles. The van der Waals surface area contributed by atoms with Gasteiger partial charge in [-0.25, -0.2) is 9.48 Å². The number of esters is 1. The Morgan fingerprint density at radius 2 is 1.54 bits per heavy atom. The lowest BCUT2D eigenvalue weighted by molar-refractivity contribution is 0.0735. The molecule has 6 heteroatoms. The van der Waals surface area contributed by atoms with E-state index in [2.05, 4.69) is 5.10 Å². The number of benzene rings is 3. The lowest BCUT2D eigenvalue weighted by atomic mass is 10.1. The fraction of sp³-hybridized carbons (Fsp3) is 0. The van der Waals surface area contributed by atoms with Gasteiger partial charge in [0, 0.05) is 11.8 Å². The molecule has 138 valence electrons. The van der Waals surface area contributed by atoms with Crippen LogP contribution in [0.3, 0.4) is 0 Å². The van der Waals surface area contributed by atoms with Gasteiger partial charge in [0.15, 0.2) is 5.75 Å². The summed E-state index contributed by atoms with van der Waals surface area (Å²) < 4.78 is 7.17. The molecular formula is C22H14Cl2N2O2. The van der Waals surface area contributed by atoms with Gasteiger partial charge in [-0.05, 0) is 24.3 Å². The molecule has 1 aromatic heterocycles. The number of rotatable bonds is 4. The van der Waals surface area contributed by atoms with Crippen molar-refractivity contribution in [2.45, 2.75) is 0 Å². The Morgan fingerprint density at radius 1 is 0.857 bits per heavy atom. The van der Waals surface area contributed by atoms with Crippen LogP contribution in [0.1, 0.15) is 10.4 Å². The molecule has 0 bridgehead atoms. The zero-order chi connectivity index (χ0) is 19.5. The quantitative estimate of drug-likeness (QED) is 0.304. The van der Waals surface area contributed by atoms with E-state index in [1.807, 2.05) is 60.7 Å². The van der Waals surface area contributed by atoms with Gasteiger partial charge in [0.25, 0.3) is 0 Å². The summed E-state index contributed by atoms with van der Waals surface area (Å²) in [6, 6.07) is 23.9. The smallest absolute Gasteiger partial charge is 0.347 e. The van der Waals surface area contributed by atoms with Crippen LogP contribution in [-0.2, 0) is 0 Å². The summed E-state index contributed by atoms with van der Waals surface area (Å²) in [6.07, 6.45) is 1.65. The first-order valence-corrected chi connectivity index (χ1v) is 9.26. The predicted octanol–water partition coefficient (Wildman–Crippen LogP) is 6.07. The minimum absolute atomic E-state index is 0.189. The zero-order valence-corrected chi connectivity index (χ0v) is 16.1. The average molecular weight is 409 g/mol. The van der Waals surface area contributed by atoms with E-state index in [0.29, 0.717) is 16.3 Å². The highest BCUT2D eigenvalue weighted by atomic mass is 35.5. The van der Waals surface area contributed by atoms with Gasteiger partial charge in [-0.15, -0.1) is 0 Å². The van der Waals surface area contributed by atoms with Gasteiger partial charge >= 0.3 is 5.97 Å². The molecule has 4 aromatic rings. The van der Waals surface area contributed by atoms with E-state index in [1.165, 1.54) is 0 Å². The summed E-state index contributed by atoms with van der Waals surface area (Å²) in [5.41, 5.74) is 2.49. The van der Waals surface area contributed by atoms with Gasteiger partial charge in [0.1, 0.15) is 16.3 Å². The molecule has 0 saturated heterocycles. The number of aromatic nitrogens is 2. The van der Waals surface area contributed by atoms with Crippen LogP contribution < -0.4 is 4.74 Å². The van der Waals surface area contributed by atoms with E-state index < -0.39 is 5.97 Å². The second-order valence-electron chi connectivity index (χ2n) is 5.98. The maximum absolute atomic E-state index is 12.9. The number of para-hydroxylation sites is 1. The molecule has 0 fully saturated rings. The summed E-state index contributed by atoms with van der Waals surface area (Å²) >= 11 is 12.2. The molecule has 0 radical (unpaired) electrons. The van der Waals surface area contributed by atoms with Crippen LogP contribution in [0.4, 0.5) is 0 Å². The molecule has 0 N–H and O–H groups in total. The molecule has 0 spiro atoms. The molecule has 1 heterocycles.